The maximum Gasteiger partial charge on any atom is 0.342 e. The van der Waals surface area contributed by atoms with Crippen LogP contribution >= 0.6 is 0 Å². The van der Waals surface area contributed by atoms with Crippen molar-refractivity contribution in [2.45, 2.75) is 0 Å². The van der Waals surface area contributed by atoms with Crippen LogP contribution in [-0.2, 0) is 0 Å². The van der Waals surface area contributed by atoms with Gasteiger partial charge >= 0.3 is 11.9 Å². The van der Waals surface area contributed by atoms with Gasteiger partial charge < -0.3 is 15.9 Å². The summed E-state index contributed by atoms with van der Waals surface area (Å²) in [5, 5.41) is 27.2. The number of para-hydroxylation sites is 1. The van der Waals surface area contributed by atoms with Gasteiger partial charge in [0.05, 0.1) is 10.5 Å². The number of nitro benzene ring substituents is 1. The molecule has 2 aromatic carbocycles. The maximum atomic E-state index is 10.4. The van der Waals surface area contributed by atoms with Crippen molar-refractivity contribution >= 4 is 23.3 Å². The minimum absolute atomic E-state index is 0.259. The van der Waals surface area contributed by atoms with E-state index in [1.165, 1.54) is 30.3 Å². The molecular weight excluding hydrogens is 292 g/mol. The summed E-state index contributed by atoms with van der Waals surface area (Å²) in [4.78, 5) is 30.2. The van der Waals surface area contributed by atoms with Gasteiger partial charge in [-0.05, 0) is 30.3 Å². The summed E-state index contributed by atoms with van der Waals surface area (Å²) in [5.74, 6) is -2.22. The first-order valence-corrected chi connectivity index (χ1v) is 5.88. The van der Waals surface area contributed by atoms with Crippen molar-refractivity contribution < 1.29 is 24.7 Å². The Morgan fingerprint density at radius 2 is 1.50 bits per heavy atom. The van der Waals surface area contributed by atoms with Crippen molar-refractivity contribution in [2.75, 3.05) is 5.73 Å². The molecule has 0 saturated heterocycles. The third kappa shape index (κ3) is 4.60. The van der Waals surface area contributed by atoms with Gasteiger partial charge in [0.1, 0.15) is 5.56 Å². The van der Waals surface area contributed by atoms with E-state index in [2.05, 4.69) is 0 Å². The summed E-state index contributed by atoms with van der Waals surface area (Å²) in [6.07, 6.45) is 0. The highest BCUT2D eigenvalue weighted by atomic mass is 16.6. The molecule has 0 amide bonds. The second-order valence-electron chi connectivity index (χ2n) is 4.01. The number of nitrogens with zero attached hydrogens (tertiary/aromatic N) is 1. The van der Waals surface area contributed by atoms with Gasteiger partial charge in [0.2, 0.25) is 0 Å². The summed E-state index contributed by atoms with van der Waals surface area (Å²) in [6, 6.07) is 11.3. The highest BCUT2D eigenvalue weighted by molar-refractivity contribution is 5.92. The lowest BCUT2D eigenvalue weighted by Gasteiger charge is -1.94. The van der Waals surface area contributed by atoms with Crippen molar-refractivity contribution in [2.24, 2.45) is 0 Å². The second-order valence-corrected chi connectivity index (χ2v) is 4.01. The van der Waals surface area contributed by atoms with E-state index in [4.69, 9.17) is 15.9 Å². The van der Waals surface area contributed by atoms with E-state index in [0.717, 1.165) is 6.07 Å². The Kier molecular flexibility index (Phi) is 5.58. The number of aromatic carboxylic acids is 2. The Hall–Kier alpha value is -3.42. The lowest BCUT2D eigenvalue weighted by molar-refractivity contribution is -0.385. The fourth-order valence-corrected chi connectivity index (χ4v) is 1.44. The third-order valence-corrected chi connectivity index (χ3v) is 2.49. The van der Waals surface area contributed by atoms with Crippen molar-refractivity contribution in [3.63, 3.8) is 0 Å². The van der Waals surface area contributed by atoms with Gasteiger partial charge in [-0.25, -0.2) is 9.59 Å². The molecule has 0 bridgehead atoms. The second kappa shape index (κ2) is 7.39. The number of nitrogen functional groups attached to an aromatic ring is 1. The molecule has 2 rings (SSSR count). The first-order valence-electron chi connectivity index (χ1n) is 5.88. The van der Waals surface area contributed by atoms with Gasteiger partial charge in [0.25, 0.3) is 5.69 Å². The Bertz CT molecular complexity index is 664. The molecule has 0 aliphatic heterocycles. The smallest absolute Gasteiger partial charge is 0.342 e. The van der Waals surface area contributed by atoms with Gasteiger partial charge in [-0.2, -0.15) is 0 Å². The fraction of sp³-hybridized carbons (Fsp3) is 0. The van der Waals surface area contributed by atoms with Gasteiger partial charge in [0, 0.05) is 11.8 Å². The van der Waals surface area contributed by atoms with Crippen LogP contribution in [0.15, 0.2) is 48.5 Å². The zero-order valence-electron chi connectivity index (χ0n) is 11.2. The summed E-state index contributed by atoms with van der Waals surface area (Å²) in [5.41, 5.74) is 5.49. The fourth-order valence-electron chi connectivity index (χ4n) is 1.44. The normalized spacial score (nSPS) is 9.27. The summed E-state index contributed by atoms with van der Waals surface area (Å²) < 4.78 is 0. The topological polar surface area (TPSA) is 144 Å². The number of carboxylic acid groups (broad SMARTS) is 2. The molecule has 8 heteroatoms. The standard InChI is InChI=1S/C7H5NO4.C7H7NO2/c9-7(10)5-3-1-2-4-6(5)8(11)12;8-6-3-1-5(2-4-6)7(9)10/h1-4H,(H,9,10);1-4H,8H2,(H,9,10). The predicted octanol–water partition coefficient (Wildman–Crippen LogP) is 2.26. The van der Waals surface area contributed by atoms with Crippen molar-refractivity contribution in [3.05, 3.63) is 69.8 Å². The molecule has 0 aliphatic carbocycles. The van der Waals surface area contributed by atoms with E-state index in [9.17, 15) is 19.7 Å². The molecule has 4 N–H and O–H groups in total. The number of carbonyl (C=O) groups is 2. The van der Waals surface area contributed by atoms with Gasteiger partial charge in [-0.3, -0.25) is 10.1 Å². The number of hydrogen-bond donors (Lipinski definition) is 3. The SMILES string of the molecule is Nc1ccc(C(=O)O)cc1.O=C(O)c1ccccc1[N+](=O)[O-]. The van der Waals surface area contributed by atoms with E-state index in [1.807, 2.05) is 0 Å². The van der Waals surface area contributed by atoms with Crippen LogP contribution in [0.2, 0.25) is 0 Å². The van der Waals surface area contributed by atoms with Crippen LogP contribution in [0.25, 0.3) is 0 Å². The van der Waals surface area contributed by atoms with Gasteiger partial charge in [0.15, 0.2) is 0 Å². The van der Waals surface area contributed by atoms with E-state index in [0.29, 0.717) is 5.69 Å². The number of rotatable bonds is 3. The Morgan fingerprint density at radius 1 is 0.955 bits per heavy atom. The molecule has 0 saturated carbocycles. The molecule has 0 unspecified atom stereocenters. The molecule has 0 aromatic heterocycles. The van der Waals surface area contributed by atoms with Crippen LogP contribution in [-0.4, -0.2) is 27.1 Å². The molecule has 0 aliphatic rings. The average molecular weight is 304 g/mol. The van der Waals surface area contributed by atoms with Crippen molar-refractivity contribution in [1.29, 1.82) is 0 Å². The van der Waals surface area contributed by atoms with Gasteiger partial charge in [-0.15, -0.1) is 0 Å². The zero-order valence-corrected chi connectivity index (χ0v) is 11.2. The minimum atomic E-state index is -1.29. The summed E-state index contributed by atoms with van der Waals surface area (Å²) in [7, 11) is 0. The number of carboxylic acids is 2. The lowest BCUT2D eigenvalue weighted by Crippen LogP contribution is -2.01. The molecule has 0 heterocycles. The molecule has 2 aromatic rings. The Labute approximate surface area is 124 Å². The first-order chi connectivity index (χ1) is 10.3. The summed E-state index contributed by atoms with van der Waals surface area (Å²) >= 11 is 0. The predicted molar refractivity (Wildman–Crippen MR) is 77.9 cm³/mol. The largest absolute Gasteiger partial charge is 0.478 e. The average Bonchev–Trinajstić information content (AvgIpc) is 2.48. The monoisotopic (exact) mass is 304 g/mol. The van der Waals surface area contributed by atoms with E-state index < -0.39 is 16.9 Å². The molecular formula is C14H12N2O6. The third-order valence-electron chi connectivity index (χ3n) is 2.49. The van der Waals surface area contributed by atoms with E-state index in [-0.39, 0.29) is 16.8 Å². The lowest BCUT2D eigenvalue weighted by atomic mass is 10.2. The quantitative estimate of drug-likeness (QED) is 0.448. The summed E-state index contributed by atoms with van der Waals surface area (Å²) in [6.45, 7) is 0. The van der Waals surface area contributed by atoms with E-state index in [1.54, 1.807) is 12.1 Å². The van der Waals surface area contributed by atoms with E-state index >= 15 is 0 Å². The highest BCUT2D eigenvalue weighted by Crippen LogP contribution is 2.16. The van der Waals surface area contributed by atoms with Crippen LogP contribution in [0.4, 0.5) is 11.4 Å². The van der Waals surface area contributed by atoms with Crippen LogP contribution in [0, 0.1) is 10.1 Å². The molecule has 0 spiro atoms. The minimum Gasteiger partial charge on any atom is -0.478 e. The van der Waals surface area contributed by atoms with Crippen LogP contribution in [0.3, 0.4) is 0 Å². The van der Waals surface area contributed by atoms with Crippen LogP contribution in [0.5, 0.6) is 0 Å². The van der Waals surface area contributed by atoms with Gasteiger partial charge in [-0.1, -0.05) is 12.1 Å². The first kappa shape index (κ1) is 16.6. The molecule has 8 nitrogen and oxygen atoms in total. The molecule has 0 fully saturated rings. The van der Waals surface area contributed by atoms with Crippen LogP contribution < -0.4 is 5.73 Å². The van der Waals surface area contributed by atoms with Crippen molar-refractivity contribution in [1.82, 2.24) is 0 Å². The van der Waals surface area contributed by atoms with Crippen molar-refractivity contribution in [3.8, 4) is 0 Å². The molecule has 22 heavy (non-hydrogen) atoms. The number of nitrogens with two attached hydrogens (primary N) is 1. The van der Waals surface area contributed by atoms with Crippen LogP contribution in [0.1, 0.15) is 20.7 Å². The molecule has 114 valence electrons. The Morgan fingerprint density at radius 3 is 1.91 bits per heavy atom. The number of anilines is 1. The number of benzene rings is 2. The highest BCUT2D eigenvalue weighted by Gasteiger charge is 2.17. The molecule has 0 radical (unpaired) electrons. The number of hydrogen-bond acceptors (Lipinski definition) is 5. The zero-order chi connectivity index (χ0) is 16.7. The Balaban J connectivity index is 0.000000224. The number of nitro groups is 1. The maximum absolute atomic E-state index is 10.4. The molecule has 0 atom stereocenters.